The van der Waals surface area contributed by atoms with Crippen LogP contribution in [0.1, 0.15) is 18.1 Å². The molecule has 11 heteroatoms. The Morgan fingerprint density at radius 2 is 1.58 bits per heavy atom. The highest BCUT2D eigenvalue weighted by atomic mass is 35.5. The van der Waals surface area contributed by atoms with E-state index in [1.165, 1.54) is 30.3 Å². The number of nitrogens with one attached hydrogen (secondary N) is 1. The van der Waals surface area contributed by atoms with E-state index in [9.17, 15) is 26.3 Å². The van der Waals surface area contributed by atoms with Gasteiger partial charge in [-0.2, -0.15) is 5.10 Å². The minimum absolute atomic E-state index is 0.00715. The van der Waals surface area contributed by atoms with Gasteiger partial charge in [-0.1, -0.05) is 23.7 Å². The Hall–Kier alpha value is -3.40. The molecule has 174 valence electrons. The van der Waals surface area contributed by atoms with Crippen LogP contribution in [0.5, 0.6) is 11.5 Å². The van der Waals surface area contributed by atoms with Gasteiger partial charge >= 0.3 is 0 Å². The highest BCUT2D eigenvalue weighted by Crippen LogP contribution is 2.37. The summed E-state index contributed by atoms with van der Waals surface area (Å²) in [7, 11) is 0. The van der Waals surface area contributed by atoms with Crippen LogP contribution in [0.15, 0.2) is 41.5 Å². The van der Waals surface area contributed by atoms with Gasteiger partial charge in [0.15, 0.2) is 34.8 Å². The van der Waals surface area contributed by atoms with Crippen LogP contribution >= 0.6 is 11.6 Å². The predicted octanol–water partition coefficient (Wildman–Crippen LogP) is 6.60. The minimum atomic E-state index is -2.28. The molecule has 0 saturated carbocycles. The van der Waals surface area contributed by atoms with Crippen LogP contribution in [0.2, 0.25) is 5.02 Å². The minimum Gasteiger partial charge on any atom is -0.490 e. The normalized spacial score (nSPS) is 11.2. The summed E-state index contributed by atoms with van der Waals surface area (Å²) < 4.78 is 91.6. The number of hydrogen-bond acceptors (Lipinski definition) is 4. The van der Waals surface area contributed by atoms with Gasteiger partial charge in [-0.3, -0.25) is 5.43 Å². The van der Waals surface area contributed by atoms with Crippen molar-refractivity contribution in [3.8, 4) is 11.5 Å². The second-order valence-electron chi connectivity index (χ2n) is 6.50. The largest absolute Gasteiger partial charge is 0.490 e. The summed E-state index contributed by atoms with van der Waals surface area (Å²) in [4.78, 5) is 0. The molecule has 3 aromatic rings. The number of halogens is 7. The van der Waals surface area contributed by atoms with Crippen molar-refractivity contribution in [1.82, 2.24) is 0 Å². The molecule has 0 heterocycles. The zero-order valence-corrected chi connectivity index (χ0v) is 17.6. The molecule has 0 aliphatic carbocycles. The number of hydrogen-bond donors (Lipinski definition) is 1. The van der Waals surface area contributed by atoms with Crippen LogP contribution in [-0.2, 0) is 6.61 Å². The first kappa shape index (κ1) is 24.2. The van der Waals surface area contributed by atoms with E-state index in [2.05, 4.69) is 5.10 Å². The molecule has 3 rings (SSSR count). The predicted molar refractivity (Wildman–Crippen MR) is 111 cm³/mol. The molecule has 4 nitrogen and oxygen atoms in total. The number of nitrogens with zero attached hydrogens (tertiary/aromatic N) is 1. The molecule has 0 saturated heterocycles. The summed E-state index contributed by atoms with van der Waals surface area (Å²) in [5, 5.41) is 3.59. The first-order valence-corrected chi connectivity index (χ1v) is 9.74. The standard InChI is InChI=1S/C22H15ClF6N2O2/c1-2-32-15-8-12(7-14(23)22(15)33-10-11-4-3-5-13(24)6-11)9-30-31-21-19(28)17(26)16(25)18(27)20(21)29/h3-9,31H,2,10H2,1H3/b30-9-. The number of rotatable bonds is 8. The van der Waals surface area contributed by atoms with Crippen molar-refractivity contribution in [3.63, 3.8) is 0 Å². The lowest BCUT2D eigenvalue weighted by molar-refractivity contribution is 0.269. The molecule has 0 aliphatic heterocycles. The third kappa shape index (κ3) is 5.51. The zero-order valence-electron chi connectivity index (χ0n) is 16.9. The van der Waals surface area contributed by atoms with Gasteiger partial charge in [0.1, 0.15) is 18.1 Å². The van der Waals surface area contributed by atoms with E-state index >= 15 is 0 Å². The summed E-state index contributed by atoms with van der Waals surface area (Å²) in [5.74, 6) is -10.7. The fourth-order valence-electron chi connectivity index (χ4n) is 2.72. The summed E-state index contributed by atoms with van der Waals surface area (Å²) in [5.41, 5.74) is 1.30. The highest BCUT2D eigenvalue weighted by molar-refractivity contribution is 6.32. The molecule has 1 N–H and O–H groups in total. The molecule has 33 heavy (non-hydrogen) atoms. The fraction of sp³-hybridized carbons (Fsp3) is 0.136. The van der Waals surface area contributed by atoms with Crippen LogP contribution < -0.4 is 14.9 Å². The average Bonchev–Trinajstić information content (AvgIpc) is 2.78. The van der Waals surface area contributed by atoms with Gasteiger partial charge in [-0.15, -0.1) is 0 Å². The van der Waals surface area contributed by atoms with Gasteiger partial charge < -0.3 is 9.47 Å². The van der Waals surface area contributed by atoms with Gasteiger partial charge in [-0.25, -0.2) is 26.3 Å². The maximum absolute atomic E-state index is 13.7. The van der Waals surface area contributed by atoms with Crippen LogP contribution in [0.25, 0.3) is 0 Å². The van der Waals surface area contributed by atoms with Gasteiger partial charge in [0.2, 0.25) is 5.82 Å². The third-order valence-electron chi connectivity index (χ3n) is 4.20. The third-order valence-corrected chi connectivity index (χ3v) is 4.48. The summed E-state index contributed by atoms with van der Waals surface area (Å²) >= 11 is 6.25. The van der Waals surface area contributed by atoms with Gasteiger partial charge in [0, 0.05) is 0 Å². The molecule has 0 radical (unpaired) electrons. The second-order valence-corrected chi connectivity index (χ2v) is 6.90. The van der Waals surface area contributed by atoms with E-state index in [0.717, 1.165) is 6.21 Å². The molecule has 0 aliphatic rings. The van der Waals surface area contributed by atoms with Gasteiger partial charge in [-0.05, 0) is 42.3 Å². The molecule has 0 atom stereocenters. The van der Waals surface area contributed by atoms with E-state index in [4.69, 9.17) is 21.1 Å². The number of ether oxygens (including phenoxy) is 2. The molecule has 0 fully saturated rings. The molecule has 0 amide bonds. The Labute approximate surface area is 189 Å². The van der Waals surface area contributed by atoms with Crippen molar-refractivity contribution in [1.29, 1.82) is 0 Å². The van der Waals surface area contributed by atoms with Crippen molar-refractivity contribution < 1.29 is 35.8 Å². The van der Waals surface area contributed by atoms with E-state index in [0.29, 0.717) is 5.56 Å². The quantitative estimate of drug-likeness (QED) is 0.128. The van der Waals surface area contributed by atoms with Crippen molar-refractivity contribution in [2.24, 2.45) is 5.10 Å². The maximum Gasteiger partial charge on any atom is 0.200 e. The molecule has 0 unspecified atom stereocenters. The van der Waals surface area contributed by atoms with Crippen molar-refractivity contribution in [2.75, 3.05) is 12.0 Å². The van der Waals surface area contributed by atoms with Crippen molar-refractivity contribution in [3.05, 3.63) is 87.5 Å². The maximum atomic E-state index is 13.7. The smallest absolute Gasteiger partial charge is 0.200 e. The summed E-state index contributed by atoms with van der Waals surface area (Å²) in [6.07, 6.45) is 1.03. The molecular formula is C22H15ClF6N2O2. The van der Waals surface area contributed by atoms with Crippen LogP contribution in [0.3, 0.4) is 0 Å². The van der Waals surface area contributed by atoms with E-state index in [1.807, 2.05) is 0 Å². The lowest BCUT2D eigenvalue weighted by Gasteiger charge is -2.14. The van der Waals surface area contributed by atoms with E-state index in [-0.39, 0.29) is 35.3 Å². The average molecular weight is 489 g/mol. The topological polar surface area (TPSA) is 42.8 Å². The molecule has 0 spiro atoms. The Balaban J connectivity index is 1.82. The molecular weight excluding hydrogens is 474 g/mol. The zero-order chi connectivity index (χ0) is 24.1. The lowest BCUT2D eigenvalue weighted by atomic mass is 10.2. The van der Waals surface area contributed by atoms with Crippen LogP contribution in [-0.4, -0.2) is 12.8 Å². The Bertz CT molecular complexity index is 1180. The van der Waals surface area contributed by atoms with Gasteiger partial charge in [0.05, 0.1) is 17.8 Å². The van der Waals surface area contributed by atoms with Gasteiger partial charge in [0.25, 0.3) is 0 Å². The van der Waals surface area contributed by atoms with Crippen LogP contribution in [0.4, 0.5) is 32.0 Å². The Morgan fingerprint density at radius 1 is 0.909 bits per heavy atom. The monoisotopic (exact) mass is 488 g/mol. The number of benzene rings is 3. The highest BCUT2D eigenvalue weighted by Gasteiger charge is 2.25. The SMILES string of the molecule is CCOc1cc(/C=N\Nc2c(F)c(F)c(F)c(F)c2F)cc(Cl)c1OCc1cccc(F)c1. The summed E-state index contributed by atoms with van der Waals surface area (Å²) in [6.45, 7) is 1.93. The lowest BCUT2D eigenvalue weighted by Crippen LogP contribution is -2.06. The first-order valence-electron chi connectivity index (χ1n) is 9.37. The Morgan fingerprint density at radius 3 is 2.21 bits per heavy atom. The second kappa shape index (κ2) is 10.5. The fourth-order valence-corrected chi connectivity index (χ4v) is 3.00. The molecule has 0 bridgehead atoms. The molecule has 0 aromatic heterocycles. The van der Waals surface area contributed by atoms with E-state index < -0.39 is 40.6 Å². The van der Waals surface area contributed by atoms with E-state index in [1.54, 1.807) is 18.4 Å². The number of hydrazone groups is 1. The van der Waals surface area contributed by atoms with Crippen molar-refractivity contribution >= 4 is 23.5 Å². The van der Waals surface area contributed by atoms with Crippen molar-refractivity contribution in [2.45, 2.75) is 13.5 Å². The Kier molecular flexibility index (Phi) is 7.70. The summed E-state index contributed by atoms with van der Waals surface area (Å²) in [6, 6.07) is 8.56. The van der Waals surface area contributed by atoms with Crippen LogP contribution in [0, 0.1) is 34.9 Å². The molecule has 3 aromatic carbocycles. The number of anilines is 1. The first-order chi connectivity index (χ1) is 15.7.